The van der Waals surface area contributed by atoms with Gasteiger partial charge in [0.25, 0.3) is 5.91 Å². The van der Waals surface area contributed by atoms with E-state index in [1.807, 2.05) is 48.7 Å². The van der Waals surface area contributed by atoms with Gasteiger partial charge in [-0.2, -0.15) is 5.26 Å². The van der Waals surface area contributed by atoms with Gasteiger partial charge in [-0.05, 0) is 43.7 Å². The van der Waals surface area contributed by atoms with E-state index in [4.69, 9.17) is 14.7 Å². The minimum Gasteiger partial charge on any atom is -0.454 e. The molecule has 0 aliphatic carbocycles. The van der Waals surface area contributed by atoms with Gasteiger partial charge in [-0.25, -0.2) is 0 Å². The van der Waals surface area contributed by atoms with Crippen LogP contribution in [0.1, 0.15) is 17.0 Å². The van der Waals surface area contributed by atoms with Crippen LogP contribution in [0.25, 0.3) is 11.8 Å². The molecule has 0 atom stereocenters. The number of nitriles is 1. The second kappa shape index (κ2) is 6.13. The van der Waals surface area contributed by atoms with Gasteiger partial charge in [-0.1, -0.05) is 0 Å². The van der Waals surface area contributed by atoms with Gasteiger partial charge in [0.05, 0.1) is 0 Å². The molecule has 1 aliphatic heterocycles. The van der Waals surface area contributed by atoms with Gasteiger partial charge in [-0.15, -0.1) is 0 Å². The maximum atomic E-state index is 11.7. The zero-order valence-electron chi connectivity index (χ0n) is 13.7. The third-order valence-corrected chi connectivity index (χ3v) is 3.98. The van der Waals surface area contributed by atoms with Crippen LogP contribution in [0.15, 0.2) is 29.8 Å². The standard InChI is InChI=1S/C18H17N3O3/c1-11-6-13(7-14(9-19)18(22)20-3)12(2)21(11)15-4-5-16-17(8-15)24-10-23-16/h4-8H,10H2,1-3H3,(H,20,22)/b14-7+. The van der Waals surface area contributed by atoms with Crippen molar-refractivity contribution in [3.05, 3.63) is 46.8 Å². The summed E-state index contributed by atoms with van der Waals surface area (Å²) in [5, 5.41) is 11.6. The minimum absolute atomic E-state index is 0.0726. The van der Waals surface area contributed by atoms with Crippen LogP contribution < -0.4 is 14.8 Å². The summed E-state index contributed by atoms with van der Waals surface area (Å²) in [5.41, 5.74) is 3.76. The maximum Gasteiger partial charge on any atom is 0.261 e. The predicted octanol–water partition coefficient (Wildman–Crippen LogP) is 2.48. The Bertz CT molecular complexity index is 888. The topological polar surface area (TPSA) is 76.3 Å². The quantitative estimate of drug-likeness (QED) is 0.695. The van der Waals surface area contributed by atoms with E-state index in [-0.39, 0.29) is 12.4 Å². The van der Waals surface area contributed by atoms with Crippen molar-refractivity contribution in [2.24, 2.45) is 0 Å². The maximum absolute atomic E-state index is 11.7. The third-order valence-electron chi connectivity index (χ3n) is 3.98. The highest BCUT2D eigenvalue weighted by molar-refractivity contribution is 6.01. The molecule has 1 aromatic heterocycles. The van der Waals surface area contributed by atoms with Gasteiger partial charge >= 0.3 is 0 Å². The number of nitrogens with one attached hydrogen (secondary N) is 1. The van der Waals surface area contributed by atoms with Crippen molar-refractivity contribution < 1.29 is 14.3 Å². The van der Waals surface area contributed by atoms with E-state index in [1.54, 1.807) is 6.08 Å². The van der Waals surface area contributed by atoms with Crippen LogP contribution >= 0.6 is 0 Å². The fourth-order valence-corrected chi connectivity index (χ4v) is 2.79. The summed E-state index contributed by atoms with van der Waals surface area (Å²) in [6.45, 7) is 4.15. The van der Waals surface area contributed by atoms with Gasteiger partial charge in [0, 0.05) is 30.2 Å². The van der Waals surface area contributed by atoms with Gasteiger partial charge in [-0.3, -0.25) is 4.79 Å². The Morgan fingerprint density at radius 3 is 2.75 bits per heavy atom. The lowest BCUT2D eigenvalue weighted by Crippen LogP contribution is -2.19. The molecule has 3 rings (SSSR count). The normalized spacial score (nSPS) is 12.8. The fourth-order valence-electron chi connectivity index (χ4n) is 2.79. The van der Waals surface area contributed by atoms with E-state index in [1.165, 1.54) is 7.05 Å². The molecule has 2 heterocycles. The zero-order chi connectivity index (χ0) is 17.3. The highest BCUT2D eigenvalue weighted by atomic mass is 16.7. The molecule has 122 valence electrons. The fraction of sp³-hybridized carbons (Fsp3) is 0.222. The molecule has 1 aliphatic rings. The van der Waals surface area contributed by atoms with Crippen LogP contribution in [-0.2, 0) is 4.79 Å². The largest absolute Gasteiger partial charge is 0.454 e. The second-order valence-corrected chi connectivity index (χ2v) is 5.45. The van der Waals surface area contributed by atoms with E-state index in [2.05, 4.69) is 5.32 Å². The van der Waals surface area contributed by atoms with E-state index in [9.17, 15) is 4.79 Å². The summed E-state index contributed by atoms with van der Waals surface area (Å²) >= 11 is 0. The van der Waals surface area contributed by atoms with E-state index in [0.717, 1.165) is 28.4 Å². The molecule has 1 N–H and O–H groups in total. The zero-order valence-corrected chi connectivity index (χ0v) is 13.7. The van der Waals surface area contributed by atoms with Crippen molar-refractivity contribution in [2.45, 2.75) is 13.8 Å². The van der Waals surface area contributed by atoms with Crippen molar-refractivity contribution in [3.63, 3.8) is 0 Å². The average Bonchev–Trinajstić information content (AvgIpc) is 3.15. The summed E-state index contributed by atoms with van der Waals surface area (Å²) in [6.07, 6.45) is 1.60. The minimum atomic E-state index is -0.398. The lowest BCUT2D eigenvalue weighted by atomic mass is 10.1. The molecule has 2 aromatic rings. The SMILES string of the molecule is CNC(=O)/C(C#N)=C/c1cc(C)n(-c2ccc3c(c2)OCO3)c1C. The van der Waals surface area contributed by atoms with Gasteiger partial charge in [0.15, 0.2) is 11.5 Å². The molecule has 6 heteroatoms. The number of rotatable bonds is 3. The number of aryl methyl sites for hydroxylation is 1. The number of hydrogen-bond donors (Lipinski definition) is 1. The van der Waals surface area contributed by atoms with Crippen molar-refractivity contribution in [3.8, 4) is 23.3 Å². The van der Waals surface area contributed by atoms with Crippen LogP contribution in [0.3, 0.4) is 0 Å². The predicted molar refractivity (Wildman–Crippen MR) is 89.0 cm³/mol. The van der Waals surface area contributed by atoms with Crippen LogP contribution in [0.4, 0.5) is 0 Å². The van der Waals surface area contributed by atoms with Gasteiger partial charge in [0.1, 0.15) is 11.6 Å². The Morgan fingerprint density at radius 1 is 1.29 bits per heavy atom. The molecule has 6 nitrogen and oxygen atoms in total. The lowest BCUT2D eigenvalue weighted by molar-refractivity contribution is -0.116. The Hall–Kier alpha value is -3.20. The van der Waals surface area contributed by atoms with Crippen LogP contribution in [0.2, 0.25) is 0 Å². The first-order valence-electron chi connectivity index (χ1n) is 7.48. The summed E-state index contributed by atoms with van der Waals surface area (Å²) in [5.74, 6) is 1.04. The molecule has 0 spiro atoms. The van der Waals surface area contributed by atoms with Crippen molar-refractivity contribution >= 4 is 12.0 Å². The summed E-state index contributed by atoms with van der Waals surface area (Å²) in [6, 6.07) is 9.62. The van der Waals surface area contributed by atoms with Crippen LogP contribution in [0, 0.1) is 25.2 Å². The Labute approximate surface area is 139 Å². The second-order valence-electron chi connectivity index (χ2n) is 5.45. The number of likely N-dealkylation sites (N-methyl/N-ethyl adjacent to an activating group) is 1. The first-order valence-corrected chi connectivity index (χ1v) is 7.48. The number of carbonyl (C=O) groups is 1. The number of carbonyl (C=O) groups excluding carboxylic acids is 1. The number of amides is 1. The number of benzene rings is 1. The van der Waals surface area contributed by atoms with Crippen LogP contribution in [0.5, 0.6) is 11.5 Å². The highest BCUT2D eigenvalue weighted by Gasteiger charge is 2.17. The smallest absolute Gasteiger partial charge is 0.261 e. The number of fused-ring (bicyclic) bond motifs is 1. The van der Waals surface area contributed by atoms with E-state index in [0.29, 0.717) is 5.75 Å². The first-order chi connectivity index (χ1) is 11.5. The Kier molecular flexibility index (Phi) is 4.00. The first kappa shape index (κ1) is 15.7. The number of nitrogens with zero attached hydrogens (tertiary/aromatic N) is 2. The molecule has 24 heavy (non-hydrogen) atoms. The molecule has 1 amide bonds. The monoisotopic (exact) mass is 323 g/mol. The Morgan fingerprint density at radius 2 is 2.04 bits per heavy atom. The van der Waals surface area contributed by atoms with Crippen molar-refractivity contribution in [2.75, 3.05) is 13.8 Å². The van der Waals surface area contributed by atoms with Crippen molar-refractivity contribution in [1.82, 2.24) is 9.88 Å². The van der Waals surface area contributed by atoms with Gasteiger partial charge < -0.3 is 19.4 Å². The molecule has 0 bridgehead atoms. The molecule has 0 saturated carbocycles. The van der Waals surface area contributed by atoms with E-state index >= 15 is 0 Å². The number of hydrogen-bond acceptors (Lipinski definition) is 4. The molecule has 1 aromatic carbocycles. The summed E-state index contributed by atoms with van der Waals surface area (Å²) in [7, 11) is 1.50. The number of aromatic nitrogens is 1. The summed E-state index contributed by atoms with van der Waals surface area (Å²) in [4.78, 5) is 11.7. The Balaban J connectivity index is 2.06. The van der Waals surface area contributed by atoms with Gasteiger partial charge in [0.2, 0.25) is 6.79 Å². The molecule has 0 fully saturated rings. The third kappa shape index (κ3) is 2.61. The highest BCUT2D eigenvalue weighted by Crippen LogP contribution is 2.35. The number of ether oxygens (including phenoxy) is 2. The van der Waals surface area contributed by atoms with Crippen LogP contribution in [-0.4, -0.2) is 24.3 Å². The van der Waals surface area contributed by atoms with Crippen molar-refractivity contribution in [1.29, 1.82) is 5.26 Å². The molecule has 0 radical (unpaired) electrons. The molecule has 0 unspecified atom stereocenters. The average molecular weight is 323 g/mol. The van der Waals surface area contributed by atoms with E-state index < -0.39 is 5.91 Å². The molecular formula is C18H17N3O3. The molecule has 0 saturated heterocycles. The lowest BCUT2D eigenvalue weighted by Gasteiger charge is -2.10. The summed E-state index contributed by atoms with van der Waals surface area (Å²) < 4.78 is 12.8. The molecular weight excluding hydrogens is 306 g/mol.